The molecule has 1 amide bonds. The summed E-state index contributed by atoms with van der Waals surface area (Å²) >= 11 is 0. The summed E-state index contributed by atoms with van der Waals surface area (Å²) in [6.45, 7) is 4.02. The molecule has 0 aromatic carbocycles. The van der Waals surface area contributed by atoms with E-state index < -0.39 is 10.0 Å². The van der Waals surface area contributed by atoms with Crippen molar-refractivity contribution >= 4 is 15.9 Å². The smallest absolute Gasteiger partial charge is 0.223 e. The largest absolute Gasteiger partial charge is 0.466 e. The summed E-state index contributed by atoms with van der Waals surface area (Å²) in [4.78, 5) is 14.3. The molecule has 7 heteroatoms. The fourth-order valence-electron chi connectivity index (χ4n) is 3.56. The third-order valence-corrected chi connectivity index (χ3v) is 5.94. The van der Waals surface area contributed by atoms with Crippen LogP contribution in [0.3, 0.4) is 0 Å². The predicted octanol–water partition coefficient (Wildman–Crippen LogP) is 2.12. The van der Waals surface area contributed by atoms with Crippen LogP contribution in [0.15, 0.2) is 16.5 Å². The third-order valence-electron chi connectivity index (χ3n) is 5.25. The van der Waals surface area contributed by atoms with Gasteiger partial charge in [-0.25, -0.2) is 13.1 Å². The van der Waals surface area contributed by atoms with E-state index in [9.17, 15) is 13.2 Å². The van der Waals surface area contributed by atoms with Gasteiger partial charge < -0.3 is 9.32 Å². The van der Waals surface area contributed by atoms with Gasteiger partial charge in [-0.05, 0) is 43.2 Å². The molecular weight excluding hydrogens is 340 g/mol. The van der Waals surface area contributed by atoms with Crippen LogP contribution in [0.2, 0.25) is 0 Å². The Hall–Kier alpha value is -1.34. The Bertz CT molecular complexity index is 712. The first-order chi connectivity index (χ1) is 11.8. The van der Waals surface area contributed by atoms with Crippen molar-refractivity contribution in [2.45, 2.75) is 44.9 Å². The van der Waals surface area contributed by atoms with Crippen LogP contribution in [-0.2, 0) is 21.2 Å². The number of sulfonamides is 1. The maximum absolute atomic E-state index is 12.5. The van der Waals surface area contributed by atoms with Crippen molar-refractivity contribution in [2.75, 3.05) is 25.9 Å². The lowest BCUT2D eigenvalue weighted by molar-refractivity contribution is -0.133. The summed E-state index contributed by atoms with van der Waals surface area (Å²) in [5.41, 5.74) is 0. The Morgan fingerprint density at radius 3 is 2.84 bits per heavy atom. The van der Waals surface area contributed by atoms with Gasteiger partial charge in [0.25, 0.3) is 0 Å². The molecule has 25 heavy (non-hydrogen) atoms. The van der Waals surface area contributed by atoms with Gasteiger partial charge in [-0.2, -0.15) is 0 Å². The lowest BCUT2D eigenvalue weighted by atomic mass is 9.98. The van der Waals surface area contributed by atoms with E-state index in [1.54, 1.807) is 0 Å². The first-order valence-electron chi connectivity index (χ1n) is 9.13. The highest BCUT2D eigenvalue weighted by molar-refractivity contribution is 7.88. The molecule has 1 aromatic heterocycles. The number of amides is 1. The fourth-order valence-corrected chi connectivity index (χ4v) is 4.10. The summed E-state index contributed by atoms with van der Waals surface area (Å²) in [7, 11) is -3.18. The Kier molecular flexibility index (Phi) is 5.53. The number of nitrogens with zero attached hydrogens (tertiary/aromatic N) is 1. The molecule has 1 saturated heterocycles. The van der Waals surface area contributed by atoms with Gasteiger partial charge in [-0.1, -0.05) is 6.92 Å². The third kappa shape index (κ3) is 5.31. The molecule has 6 nitrogen and oxygen atoms in total. The number of hydrogen-bond acceptors (Lipinski definition) is 4. The zero-order valence-corrected chi connectivity index (χ0v) is 15.8. The Labute approximate surface area is 150 Å². The lowest BCUT2D eigenvalue weighted by Gasteiger charge is -2.32. The number of furan rings is 1. The van der Waals surface area contributed by atoms with Crippen molar-refractivity contribution in [1.29, 1.82) is 0 Å². The summed E-state index contributed by atoms with van der Waals surface area (Å²) in [5.74, 6) is 3.54. The summed E-state index contributed by atoms with van der Waals surface area (Å²) in [5, 5.41) is 0. The molecule has 3 atom stereocenters. The van der Waals surface area contributed by atoms with Gasteiger partial charge in [-0.3, -0.25) is 4.79 Å². The Morgan fingerprint density at radius 2 is 2.16 bits per heavy atom. The molecule has 3 unspecified atom stereocenters. The highest BCUT2D eigenvalue weighted by Gasteiger charge is 2.36. The van der Waals surface area contributed by atoms with Gasteiger partial charge in [0.05, 0.1) is 6.26 Å². The van der Waals surface area contributed by atoms with E-state index in [0.29, 0.717) is 37.8 Å². The SMILES string of the molecule is CC1CC1c1ccc(CCC(=O)N2CCCC(CNS(C)(=O)=O)C2)o1. The molecule has 140 valence electrons. The number of carbonyl (C=O) groups excluding carboxylic acids is 1. The number of likely N-dealkylation sites (tertiary alicyclic amines) is 1. The number of carbonyl (C=O) groups is 1. The molecule has 0 radical (unpaired) electrons. The number of hydrogen-bond donors (Lipinski definition) is 1. The van der Waals surface area contributed by atoms with Crippen molar-refractivity contribution in [3.05, 3.63) is 23.7 Å². The molecule has 2 aliphatic rings. The Morgan fingerprint density at radius 1 is 1.40 bits per heavy atom. The average molecular weight is 368 g/mol. The first kappa shape index (κ1) is 18.5. The van der Waals surface area contributed by atoms with Crippen LogP contribution >= 0.6 is 0 Å². The van der Waals surface area contributed by atoms with Gasteiger partial charge in [0.15, 0.2) is 0 Å². The number of piperidine rings is 1. The van der Waals surface area contributed by atoms with Crippen LogP contribution < -0.4 is 4.72 Å². The quantitative estimate of drug-likeness (QED) is 0.799. The number of nitrogens with one attached hydrogen (secondary N) is 1. The highest BCUT2D eigenvalue weighted by Crippen LogP contribution is 2.47. The first-order valence-corrected chi connectivity index (χ1v) is 11.0. The van der Waals surface area contributed by atoms with Crippen molar-refractivity contribution in [2.24, 2.45) is 11.8 Å². The van der Waals surface area contributed by atoms with E-state index in [4.69, 9.17) is 4.42 Å². The molecule has 1 N–H and O–H groups in total. The normalized spacial score (nSPS) is 26.6. The standard InChI is InChI=1S/C18H28N2O4S/c1-13-10-16(13)17-7-5-15(24-17)6-8-18(21)20-9-3-4-14(12-20)11-19-25(2,22)23/h5,7,13-14,16,19H,3-4,6,8-12H2,1-2H3. The van der Waals surface area contributed by atoms with Crippen molar-refractivity contribution in [3.63, 3.8) is 0 Å². The molecule has 1 aliphatic carbocycles. The topological polar surface area (TPSA) is 79.6 Å². The minimum absolute atomic E-state index is 0.127. The molecule has 0 spiro atoms. The highest BCUT2D eigenvalue weighted by atomic mass is 32.2. The van der Waals surface area contributed by atoms with Gasteiger partial charge in [0.1, 0.15) is 11.5 Å². The molecule has 0 bridgehead atoms. The van der Waals surface area contributed by atoms with Crippen LogP contribution in [0.4, 0.5) is 0 Å². The summed E-state index contributed by atoms with van der Waals surface area (Å²) in [6, 6.07) is 4.03. The van der Waals surface area contributed by atoms with E-state index in [1.165, 1.54) is 12.7 Å². The van der Waals surface area contributed by atoms with E-state index in [1.807, 2.05) is 17.0 Å². The maximum Gasteiger partial charge on any atom is 0.223 e. The van der Waals surface area contributed by atoms with Crippen molar-refractivity contribution in [3.8, 4) is 0 Å². The lowest BCUT2D eigenvalue weighted by Crippen LogP contribution is -2.43. The van der Waals surface area contributed by atoms with E-state index in [2.05, 4.69) is 11.6 Å². The summed E-state index contributed by atoms with van der Waals surface area (Å²) < 4.78 is 30.9. The minimum atomic E-state index is -3.18. The van der Waals surface area contributed by atoms with Crippen LogP contribution in [-0.4, -0.2) is 45.1 Å². The monoisotopic (exact) mass is 368 g/mol. The van der Waals surface area contributed by atoms with Gasteiger partial charge >= 0.3 is 0 Å². The maximum atomic E-state index is 12.5. The van der Waals surface area contributed by atoms with Crippen LogP contribution in [0, 0.1) is 11.8 Å². The van der Waals surface area contributed by atoms with Crippen LogP contribution in [0.5, 0.6) is 0 Å². The van der Waals surface area contributed by atoms with E-state index in [0.717, 1.165) is 30.9 Å². The van der Waals surface area contributed by atoms with Gasteiger partial charge in [0, 0.05) is 38.4 Å². The fraction of sp³-hybridized carbons (Fsp3) is 0.722. The molecule has 2 heterocycles. The zero-order chi connectivity index (χ0) is 18.0. The van der Waals surface area contributed by atoms with E-state index in [-0.39, 0.29) is 11.8 Å². The van der Waals surface area contributed by atoms with Crippen molar-refractivity contribution < 1.29 is 17.6 Å². The zero-order valence-electron chi connectivity index (χ0n) is 15.0. The second kappa shape index (κ2) is 7.50. The second-order valence-corrected chi connectivity index (χ2v) is 9.43. The molecule has 2 fully saturated rings. The average Bonchev–Trinajstić information content (AvgIpc) is 3.11. The molecule has 3 rings (SSSR count). The van der Waals surface area contributed by atoms with Crippen LogP contribution in [0.25, 0.3) is 0 Å². The predicted molar refractivity (Wildman–Crippen MR) is 95.7 cm³/mol. The number of aryl methyl sites for hydroxylation is 1. The molecular formula is C18H28N2O4S. The minimum Gasteiger partial charge on any atom is -0.466 e. The molecule has 1 saturated carbocycles. The van der Waals surface area contributed by atoms with Gasteiger partial charge in [-0.15, -0.1) is 0 Å². The number of rotatable bonds is 7. The Balaban J connectivity index is 1.45. The molecule has 1 aromatic rings. The van der Waals surface area contributed by atoms with Gasteiger partial charge in [0.2, 0.25) is 15.9 Å². The summed E-state index contributed by atoms with van der Waals surface area (Å²) in [6.07, 6.45) is 5.31. The van der Waals surface area contributed by atoms with Crippen LogP contribution in [0.1, 0.15) is 50.0 Å². The molecule has 1 aliphatic heterocycles. The second-order valence-electron chi connectivity index (χ2n) is 7.59. The van der Waals surface area contributed by atoms with Crippen molar-refractivity contribution in [1.82, 2.24) is 9.62 Å². The van der Waals surface area contributed by atoms with E-state index >= 15 is 0 Å².